The molecule has 150 valence electrons. The molecule has 0 N–H and O–H groups in total. The lowest BCUT2D eigenvalue weighted by atomic mass is 9.76. The van der Waals surface area contributed by atoms with E-state index in [0.717, 1.165) is 5.56 Å². The molecular formula is C20H30N2O5. The molecule has 1 aromatic rings. The van der Waals surface area contributed by atoms with Crippen molar-refractivity contribution >= 4 is 12.1 Å². The Balaban J connectivity index is 1.91. The van der Waals surface area contributed by atoms with Gasteiger partial charge >= 0.3 is 12.1 Å². The Bertz CT molecular complexity index is 643. The summed E-state index contributed by atoms with van der Waals surface area (Å²) in [5.41, 5.74) is -0.276. The predicted octanol–water partition coefficient (Wildman–Crippen LogP) is 3.56. The van der Waals surface area contributed by atoms with E-state index in [2.05, 4.69) is 4.98 Å². The molecule has 7 nitrogen and oxygen atoms in total. The largest absolute Gasteiger partial charge is 0.481 e. The van der Waals surface area contributed by atoms with Gasteiger partial charge in [-0.25, -0.2) is 9.78 Å². The smallest absolute Gasteiger partial charge is 0.410 e. The first-order chi connectivity index (χ1) is 12.7. The minimum absolute atomic E-state index is 0.174. The fourth-order valence-corrected chi connectivity index (χ4v) is 3.06. The van der Waals surface area contributed by atoms with Crippen molar-refractivity contribution in [3.8, 4) is 5.88 Å². The summed E-state index contributed by atoms with van der Waals surface area (Å²) < 4.78 is 16.0. The maximum absolute atomic E-state index is 12.8. The molecule has 2 heterocycles. The van der Waals surface area contributed by atoms with E-state index in [1.165, 1.54) is 0 Å². The Kier molecular flexibility index (Phi) is 6.68. The van der Waals surface area contributed by atoms with Gasteiger partial charge in [0, 0.05) is 30.9 Å². The molecule has 1 aliphatic heterocycles. The van der Waals surface area contributed by atoms with Crippen molar-refractivity contribution in [3.63, 3.8) is 0 Å². The van der Waals surface area contributed by atoms with Crippen molar-refractivity contribution in [1.82, 2.24) is 9.88 Å². The van der Waals surface area contributed by atoms with E-state index in [4.69, 9.17) is 14.2 Å². The number of esters is 1. The molecule has 1 saturated heterocycles. The number of piperidine rings is 1. The highest BCUT2D eigenvalue weighted by Crippen LogP contribution is 2.37. The van der Waals surface area contributed by atoms with Crippen LogP contribution in [-0.4, -0.2) is 47.7 Å². The average molecular weight is 378 g/mol. The Hall–Kier alpha value is -2.31. The Morgan fingerprint density at radius 1 is 1.22 bits per heavy atom. The molecule has 0 aromatic carbocycles. The topological polar surface area (TPSA) is 78.0 Å². The lowest BCUT2D eigenvalue weighted by Crippen LogP contribution is -2.48. The first kappa shape index (κ1) is 21.0. The molecule has 0 spiro atoms. The number of aromatic nitrogens is 1. The number of amides is 1. The first-order valence-corrected chi connectivity index (χ1v) is 9.33. The van der Waals surface area contributed by atoms with Crippen LogP contribution in [0.2, 0.25) is 0 Å². The van der Waals surface area contributed by atoms with Crippen LogP contribution in [0, 0.1) is 5.41 Å². The van der Waals surface area contributed by atoms with Gasteiger partial charge in [0.1, 0.15) is 12.2 Å². The minimum Gasteiger partial charge on any atom is -0.481 e. The van der Waals surface area contributed by atoms with Gasteiger partial charge in [0.15, 0.2) is 0 Å². The monoisotopic (exact) mass is 378 g/mol. The molecule has 0 bridgehead atoms. The van der Waals surface area contributed by atoms with Crippen molar-refractivity contribution in [2.45, 2.75) is 59.2 Å². The number of methoxy groups -OCH3 is 1. The Labute approximate surface area is 161 Å². The third-order valence-electron chi connectivity index (χ3n) is 4.86. The molecule has 0 atom stereocenters. The predicted molar refractivity (Wildman–Crippen MR) is 100 cm³/mol. The molecule has 0 aliphatic carbocycles. The van der Waals surface area contributed by atoms with E-state index in [9.17, 15) is 9.59 Å². The summed E-state index contributed by atoms with van der Waals surface area (Å²) in [6.07, 6.45) is 3.13. The van der Waals surface area contributed by atoms with Crippen LogP contribution in [0.3, 0.4) is 0 Å². The van der Waals surface area contributed by atoms with Crippen LogP contribution in [0.5, 0.6) is 5.88 Å². The normalized spacial score (nSPS) is 16.6. The molecule has 1 aromatic heterocycles. The van der Waals surface area contributed by atoms with Crippen LogP contribution >= 0.6 is 0 Å². The molecule has 2 rings (SSSR count). The van der Waals surface area contributed by atoms with E-state index in [-0.39, 0.29) is 18.7 Å². The van der Waals surface area contributed by atoms with E-state index < -0.39 is 11.0 Å². The highest BCUT2D eigenvalue weighted by molar-refractivity contribution is 5.77. The van der Waals surface area contributed by atoms with E-state index >= 15 is 0 Å². The van der Waals surface area contributed by atoms with Crippen molar-refractivity contribution in [2.24, 2.45) is 5.41 Å². The Morgan fingerprint density at radius 3 is 2.37 bits per heavy atom. The zero-order chi connectivity index (χ0) is 20.1. The standard InChI is InChI=1S/C20H30N2O5/c1-6-20(9-11-22(12-10-20)18(24)27-19(2,3)4)17(23)26-14-15-7-8-16(25-5)21-13-15/h7-8,13H,6,9-12,14H2,1-5H3. The number of carbonyl (C=O) groups is 2. The van der Waals surface area contributed by atoms with Gasteiger partial charge in [-0.1, -0.05) is 6.92 Å². The summed E-state index contributed by atoms with van der Waals surface area (Å²) in [7, 11) is 1.55. The molecule has 7 heteroatoms. The summed E-state index contributed by atoms with van der Waals surface area (Å²) >= 11 is 0. The number of ether oxygens (including phenoxy) is 3. The van der Waals surface area contributed by atoms with Gasteiger partial charge in [-0.3, -0.25) is 4.79 Å². The second-order valence-electron chi connectivity index (χ2n) is 7.89. The summed E-state index contributed by atoms with van der Waals surface area (Å²) in [5.74, 6) is 0.300. The molecular weight excluding hydrogens is 348 g/mol. The quantitative estimate of drug-likeness (QED) is 0.729. The highest BCUT2D eigenvalue weighted by Gasteiger charge is 2.42. The zero-order valence-corrected chi connectivity index (χ0v) is 16.9. The highest BCUT2D eigenvalue weighted by atomic mass is 16.6. The lowest BCUT2D eigenvalue weighted by molar-refractivity contribution is -0.160. The number of pyridine rings is 1. The molecule has 1 aliphatic rings. The molecule has 27 heavy (non-hydrogen) atoms. The SMILES string of the molecule is CCC1(C(=O)OCc2ccc(OC)nc2)CCN(C(=O)OC(C)(C)C)CC1. The van der Waals surface area contributed by atoms with Gasteiger partial charge in [0.05, 0.1) is 12.5 Å². The number of carbonyl (C=O) groups excluding carboxylic acids is 2. The fourth-order valence-electron chi connectivity index (χ4n) is 3.06. The first-order valence-electron chi connectivity index (χ1n) is 9.33. The fraction of sp³-hybridized carbons (Fsp3) is 0.650. The molecule has 1 fully saturated rings. The lowest BCUT2D eigenvalue weighted by Gasteiger charge is -2.39. The van der Waals surface area contributed by atoms with Gasteiger partial charge in [-0.15, -0.1) is 0 Å². The van der Waals surface area contributed by atoms with Crippen molar-refractivity contribution in [2.75, 3.05) is 20.2 Å². The van der Waals surface area contributed by atoms with Crippen LogP contribution < -0.4 is 4.74 Å². The van der Waals surface area contributed by atoms with Crippen molar-refractivity contribution < 1.29 is 23.8 Å². The van der Waals surface area contributed by atoms with Gasteiger partial charge in [0.25, 0.3) is 0 Å². The molecule has 0 unspecified atom stereocenters. The van der Waals surface area contributed by atoms with Crippen molar-refractivity contribution in [3.05, 3.63) is 23.9 Å². The maximum Gasteiger partial charge on any atom is 0.410 e. The number of nitrogens with zero attached hydrogens (tertiary/aromatic N) is 2. The second kappa shape index (κ2) is 8.59. The van der Waals surface area contributed by atoms with Gasteiger partial charge in [0.2, 0.25) is 5.88 Å². The van der Waals surface area contributed by atoms with Gasteiger partial charge < -0.3 is 19.1 Å². The molecule has 0 radical (unpaired) electrons. The van der Waals surface area contributed by atoms with Gasteiger partial charge in [-0.2, -0.15) is 0 Å². The molecule has 1 amide bonds. The van der Waals surface area contributed by atoms with Crippen LogP contribution in [0.25, 0.3) is 0 Å². The molecule has 0 saturated carbocycles. The number of rotatable bonds is 5. The van der Waals surface area contributed by atoms with Crippen LogP contribution in [0.15, 0.2) is 18.3 Å². The third kappa shape index (κ3) is 5.58. The number of likely N-dealkylation sites (tertiary alicyclic amines) is 1. The second-order valence-corrected chi connectivity index (χ2v) is 7.89. The summed E-state index contributed by atoms with van der Waals surface area (Å²) in [6, 6.07) is 3.56. The van der Waals surface area contributed by atoms with E-state index in [1.54, 1.807) is 24.3 Å². The Morgan fingerprint density at radius 2 is 1.89 bits per heavy atom. The average Bonchev–Trinajstić information content (AvgIpc) is 2.65. The summed E-state index contributed by atoms with van der Waals surface area (Å²) in [4.78, 5) is 30.7. The summed E-state index contributed by atoms with van der Waals surface area (Å²) in [5, 5.41) is 0. The van der Waals surface area contributed by atoms with E-state index in [1.807, 2.05) is 33.8 Å². The number of hydrogen-bond acceptors (Lipinski definition) is 6. The zero-order valence-electron chi connectivity index (χ0n) is 16.9. The number of hydrogen-bond donors (Lipinski definition) is 0. The third-order valence-corrected chi connectivity index (χ3v) is 4.86. The van der Waals surface area contributed by atoms with Crippen LogP contribution in [0.4, 0.5) is 4.79 Å². The van der Waals surface area contributed by atoms with Crippen LogP contribution in [-0.2, 0) is 20.9 Å². The van der Waals surface area contributed by atoms with Crippen molar-refractivity contribution in [1.29, 1.82) is 0 Å². The van der Waals surface area contributed by atoms with Gasteiger partial charge in [-0.05, 0) is 46.1 Å². The minimum atomic E-state index is -0.557. The summed E-state index contributed by atoms with van der Waals surface area (Å²) in [6.45, 7) is 8.67. The van der Waals surface area contributed by atoms with E-state index in [0.29, 0.717) is 38.2 Å². The van der Waals surface area contributed by atoms with Crippen LogP contribution in [0.1, 0.15) is 52.5 Å². The maximum atomic E-state index is 12.8.